The lowest BCUT2D eigenvalue weighted by Crippen LogP contribution is -2.60. The lowest BCUT2D eigenvalue weighted by molar-refractivity contribution is -0.146. The zero-order chi connectivity index (χ0) is 20.2. The van der Waals surface area contributed by atoms with Gasteiger partial charge in [-0.3, -0.25) is 14.5 Å². The zero-order valence-electron chi connectivity index (χ0n) is 17.5. The molecule has 0 radical (unpaired) electrons. The van der Waals surface area contributed by atoms with E-state index >= 15 is 0 Å². The van der Waals surface area contributed by atoms with Crippen LogP contribution in [-0.2, 0) is 20.7 Å². The first kappa shape index (κ1) is 20.4. The molecule has 0 saturated carbocycles. The monoisotopic (exact) mass is 399 g/mol. The number of benzene rings is 1. The Labute approximate surface area is 173 Å². The number of piperidine rings is 1. The Morgan fingerprint density at radius 1 is 1.00 bits per heavy atom. The molecule has 1 aromatic rings. The van der Waals surface area contributed by atoms with Gasteiger partial charge in [-0.05, 0) is 38.2 Å². The second-order valence-electron chi connectivity index (χ2n) is 8.61. The molecule has 0 N–H and O–H groups in total. The number of hydrogen-bond acceptors (Lipinski definition) is 4. The Hall–Kier alpha value is -1.92. The van der Waals surface area contributed by atoms with Gasteiger partial charge in [-0.2, -0.15) is 0 Å². The van der Waals surface area contributed by atoms with E-state index in [-0.39, 0.29) is 11.9 Å². The van der Waals surface area contributed by atoms with Gasteiger partial charge in [0.15, 0.2) is 0 Å². The van der Waals surface area contributed by atoms with Gasteiger partial charge in [0.2, 0.25) is 11.8 Å². The molecule has 1 atom stereocenters. The molecule has 0 bridgehead atoms. The van der Waals surface area contributed by atoms with Crippen molar-refractivity contribution in [2.75, 3.05) is 45.9 Å². The molecular formula is C23H33N3O3. The molecule has 0 aromatic heterocycles. The van der Waals surface area contributed by atoms with E-state index in [4.69, 9.17) is 4.74 Å². The quantitative estimate of drug-likeness (QED) is 0.776. The van der Waals surface area contributed by atoms with Crippen molar-refractivity contribution < 1.29 is 14.3 Å². The van der Waals surface area contributed by atoms with E-state index in [0.717, 1.165) is 64.1 Å². The van der Waals surface area contributed by atoms with E-state index < -0.39 is 0 Å². The molecule has 4 rings (SSSR count). The molecule has 0 unspecified atom stereocenters. The number of likely N-dealkylation sites (tertiary alicyclic amines) is 1. The summed E-state index contributed by atoms with van der Waals surface area (Å²) >= 11 is 0. The largest absolute Gasteiger partial charge is 0.381 e. The fourth-order valence-electron chi connectivity index (χ4n) is 4.85. The SMILES string of the molecule is Cc1ccc(CC(=O)N2CCN([C@@H]3CCCN(C4CCOCC4)C3=O)CC2)cc1. The highest BCUT2D eigenvalue weighted by Crippen LogP contribution is 2.24. The Bertz CT molecular complexity index is 707. The summed E-state index contributed by atoms with van der Waals surface area (Å²) < 4.78 is 5.47. The van der Waals surface area contributed by atoms with E-state index in [0.29, 0.717) is 31.5 Å². The predicted octanol–water partition coefficient (Wildman–Crippen LogP) is 1.85. The van der Waals surface area contributed by atoms with Crippen LogP contribution < -0.4 is 0 Å². The van der Waals surface area contributed by atoms with Crippen LogP contribution in [0.1, 0.15) is 36.8 Å². The zero-order valence-corrected chi connectivity index (χ0v) is 17.5. The molecule has 6 heteroatoms. The first-order valence-corrected chi connectivity index (χ1v) is 11.1. The number of piperazine rings is 1. The Morgan fingerprint density at radius 2 is 1.69 bits per heavy atom. The van der Waals surface area contributed by atoms with Crippen LogP contribution in [0.5, 0.6) is 0 Å². The summed E-state index contributed by atoms with van der Waals surface area (Å²) in [5.74, 6) is 0.481. The van der Waals surface area contributed by atoms with Gasteiger partial charge in [0.05, 0.1) is 12.5 Å². The number of carbonyl (C=O) groups is 2. The highest BCUT2D eigenvalue weighted by atomic mass is 16.5. The van der Waals surface area contributed by atoms with Crippen molar-refractivity contribution in [2.45, 2.75) is 51.1 Å². The smallest absolute Gasteiger partial charge is 0.240 e. The summed E-state index contributed by atoms with van der Waals surface area (Å²) in [4.78, 5) is 32.2. The highest BCUT2D eigenvalue weighted by molar-refractivity contribution is 5.83. The first-order chi connectivity index (χ1) is 14.1. The fraction of sp³-hybridized carbons (Fsp3) is 0.652. The summed E-state index contributed by atoms with van der Waals surface area (Å²) in [6.45, 7) is 7.48. The molecule has 2 amide bonds. The van der Waals surface area contributed by atoms with Crippen molar-refractivity contribution in [2.24, 2.45) is 0 Å². The van der Waals surface area contributed by atoms with Gasteiger partial charge in [-0.15, -0.1) is 0 Å². The second kappa shape index (κ2) is 9.26. The predicted molar refractivity (Wildman–Crippen MR) is 112 cm³/mol. The summed E-state index contributed by atoms with van der Waals surface area (Å²) in [6.07, 6.45) is 4.38. The number of hydrogen-bond donors (Lipinski definition) is 0. The van der Waals surface area contributed by atoms with Crippen LogP contribution in [0.3, 0.4) is 0 Å². The van der Waals surface area contributed by atoms with E-state index in [1.807, 2.05) is 17.0 Å². The van der Waals surface area contributed by atoms with Crippen LogP contribution in [0, 0.1) is 6.92 Å². The molecule has 29 heavy (non-hydrogen) atoms. The summed E-state index contributed by atoms with van der Waals surface area (Å²) in [5.41, 5.74) is 2.28. The van der Waals surface area contributed by atoms with Crippen LogP contribution in [0.4, 0.5) is 0 Å². The van der Waals surface area contributed by atoms with Crippen molar-refractivity contribution in [3.05, 3.63) is 35.4 Å². The summed E-state index contributed by atoms with van der Waals surface area (Å²) in [6, 6.07) is 8.51. The standard InChI is InChI=1S/C23H33N3O3/c1-18-4-6-19(7-5-18)17-22(27)25-13-11-24(12-14-25)21-3-2-10-26(23(21)28)20-8-15-29-16-9-20/h4-7,20-21H,2-3,8-17H2,1H3/t21-/m1/s1. The van der Waals surface area contributed by atoms with Crippen LogP contribution in [-0.4, -0.2) is 84.5 Å². The molecule has 3 fully saturated rings. The first-order valence-electron chi connectivity index (χ1n) is 11.1. The highest BCUT2D eigenvalue weighted by Gasteiger charge is 2.38. The fourth-order valence-corrected chi connectivity index (χ4v) is 4.85. The number of aryl methyl sites for hydroxylation is 1. The molecule has 3 aliphatic rings. The molecule has 158 valence electrons. The average molecular weight is 400 g/mol. The van der Waals surface area contributed by atoms with E-state index in [2.05, 4.69) is 28.9 Å². The Kier molecular flexibility index (Phi) is 6.50. The molecule has 0 spiro atoms. The van der Waals surface area contributed by atoms with Crippen LogP contribution in [0.2, 0.25) is 0 Å². The number of nitrogens with zero attached hydrogens (tertiary/aromatic N) is 3. The normalized spacial score (nSPS) is 24.7. The maximum atomic E-state index is 13.2. The minimum atomic E-state index is -0.0130. The van der Waals surface area contributed by atoms with E-state index in [1.165, 1.54) is 5.56 Å². The average Bonchev–Trinajstić information content (AvgIpc) is 2.76. The van der Waals surface area contributed by atoms with Crippen molar-refractivity contribution in [1.82, 2.24) is 14.7 Å². The molecule has 0 aliphatic carbocycles. The second-order valence-corrected chi connectivity index (χ2v) is 8.61. The number of rotatable bonds is 4. The maximum Gasteiger partial charge on any atom is 0.240 e. The Balaban J connectivity index is 1.29. The lowest BCUT2D eigenvalue weighted by atomic mass is 9.97. The molecule has 3 saturated heterocycles. The molecule has 1 aromatic carbocycles. The topological polar surface area (TPSA) is 53.1 Å². The molecule has 6 nitrogen and oxygen atoms in total. The molecular weight excluding hydrogens is 366 g/mol. The number of amides is 2. The van der Waals surface area contributed by atoms with Crippen LogP contribution in [0.25, 0.3) is 0 Å². The van der Waals surface area contributed by atoms with Crippen molar-refractivity contribution in [1.29, 1.82) is 0 Å². The Morgan fingerprint density at radius 3 is 2.38 bits per heavy atom. The minimum absolute atomic E-state index is 0.0130. The van der Waals surface area contributed by atoms with Gasteiger partial charge < -0.3 is 14.5 Å². The van der Waals surface area contributed by atoms with Crippen LogP contribution in [0.15, 0.2) is 24.3 Å². The van der Waals surface area contributed by atoms with Gasteiger partial charge >= 0.3 is 0 Å². The minimum Gasteiger partial charge on any atom is -0.381 e. The van der Waals surface area contributed by atoms with Crippen LogP contribution >= 0.6 is 0 Å². The third-order valence-electron chi connectivity index (χ3n) is 6.66. The van der Waals surface area contributed by atoms with Gasteiger partial charge in [-0.25, -0.2) is 0 Å². The molecule has 3 aliphatic heterocycles. The van der Waals surface area contributed by atoms with Crippen molar-refractivity contribution >= 4 is 11.8 Å². The van der Waals surface area contributed by atoms with Gasteiger partial charge in [0, 0.05) is 52.0 Å². The third-order valence-corrected chi connectivity index (χ3v) is 6.66. The summed E-state index contributed by atoms with van der Waals surface area (Å²) in [7, 11) is 0. The lowest BCUT2D eigenvalue weighted by Gasteiger charge is -2.45. The number of ether oxygens (including phenoxy) is 1. The third kappa shape index (κ3) is 4.81. The maximum absolute atomic E-state index is 13.2. The van der Waals surface area contributed by atoms with Crippen molar-refractivity contribution in [3.8, 4) is 0 Å². The van der Waals surface area contributed by atoms with Gasteiger partial charge in [0.25, 0.3) is 0 Å². The summed E-state index contributed by atoms with van der Waals surface area (Å²) in [5, 5.41) is 0. The van der Waals surface area contributed by atoms with E-state index in [9.17, 15) is 9.59 Å². The number of carbonyl (C=O) groups excluding carboxylic acids is 2. The van der Waals surface area contributed by atoms with Crippen molar-refractivity contribution in [3.63, 3.8) is 0 Å². The molecule has 3 heterocycles. The van der Waals surface area contributed by atoms with Gasteiger partial charge in [-0.1, -0.05) is 29.8 Å². The van der Waals surface area contributed by atoms with E-state index in [1.54, 1.807) is 0 Å². The van der Waals surface area contributed by atoms with Gasteiger partial charge in [0.1, 0.15) is 0 Å².